The molecule has 0 radical (unpaired) electrons. The van der Waals surface area contributed by atoms with Crippen LogP contribution in [0.15, 0.2) is 0 Å². The van der Waals surface area contributed by atoms with Crippen molar-refractivity contribution in [2.75, 3.05) is 19.4 Å². The molecule has 0 aliphatic rings. The maximum absolute atomic E-state index is 11.4. The Hall–Kier alpha value is -0.950. The first kappa shape index (κ1) is 16.1. The molecule has 0 heterocycles. The molecule has 6 nitrogen and oxygen atoms in total. The molecule has 0 rings (SSSR count). The zero-order chi connectivity index (χ0) is 13.5. The van der Waals surface area contributed by atoms with Crippen LogP contribution in [0.2, 0.25) is 0 Å². The van der Waals surface area contributed by atoms with E-state index in [-0.39, 0.29) is 17.8 Å². The van der Waals surface area contributed by atoms with Crippen molar-refractivity contribution in [2.45, 2.75) is 31.1 Å². The van der Waals surface area contributed by atoms with Gasteiger partial charge < -0.3 is 20.8 Å². The van der Waals surface area contributed by atoms with Crippen LogP contribution in [0.5, 0.6) is 0 Å². The summed E-state index contributed by atoms with van der Waals surface area (Å²) in [5.74, 6) is -1.15. The minimum atomic E-state index is -1.15. The van der Waals surface area contributed by atoms with Crippen LogP contribution in [0.1, 0.15) is 20.3 Å². The summed E-state index contributed by atoms with van der Waals surface area (Å²) < 4.78 is -0.104. The highest BCUT2D eigenvalue weighted by molar-refractivity contribution is 7.99. The van der Waals surface area contributed by atoms with Gasteiger partial charge in [-0.05, 0) is 20.1 Å². The molecular weight excluding hydrogens is 244 g/mol. The fraction of sp³-hybridized carbons (Fsp3) is 0.800. The van der Waals surface area contributed by atoms with Crippen LogP contribution in [0.4, 0.5) is 4.79 Å². The molecule has 17 heavy (non-hydrogen) atoms. The van der Waals surface area contributed by atoms with E-state index in [9.17, 15) is 9.59 Å². The normalized spacial score (nSPS) is 12.9. The quantitative estimate of drug-likeness (QED) is 0.529. The van der Waals surface area contributed by atoms with Gasteiger partial charge in [0, 0.05) is 24.3 Å². The molecule has 0 aromatic heterocycles. The first-order valence-electron chi connectivity index (χ1n) is 5.25. The first-order chi connectivity index (χ1) is 7.82. The predicted octanol–water partition coefficient (Wildman–Crippen LogP) is 0.263. The number of nitrogens with one attached hydrogen (secondary N) is 2. The monoisotopic (exact) mass is 264 g/mol. The van der Waals surface area contributed by atoms with Gasteiger partial charge in [-0.3, -0.25) is 0 Å². The molecule has 0 saturated carbocycles. The Morgan fingerprint density at radius 2 is 2.00 bits per heavy atom. The predicted molar refractivity (Wildman–Crippen MR) is 67.3 cm³/mol. The Labute approximate surface area is 105 Å². The summed E-state index contributed by atoms with van der Waals surface area (Å²) in [6, 6.07) is -1.59. The number of carboxylic acid groups (broad SMARTS) is 1. The average molecular weight is 264 g/mol. The van der Waals surface area contributed by atoms with Gasteiger partial charge in [-0.1, -0.05) is 0 Å². The number of aliphatic carboxylic acids is 1. The number of hydrogen-bond donors (Lipinski definition) is 4. The standard InChI is InChI=1S/C10H20N2O4S/c1-10(2,17-3)6-11-9(16)12-7(4-5-13)8(14)15/h7,13H,4-6H2,1-3H3,(H,14,15)(H2,11,12,16)/t7-/m1/s1. The van der Waals surface area contributed by atoms with Gasteiger partial charge in [0.25, 0.3) is 0 Å². The van der Waals surface area contributed by atoms with Crippen LogP contribution in [-0.2, 0) is 4.79 Å². The second-order valence-electron chi connectivity index (χ2n) is 4.19. The Balaban J connectivity index is 4.11. The van der Waals surface area contributed by atoms with E-state index in [2.05, 4.69) is 10.6 Å². The van der Waals surface area contributed by atoms with E-state index in [4.69, 9.17) is 10.2 Å². The molecule has 1 atom stereocenters. The largest absolute Gasteiger partial charge is 0.480 e. The number of aliphatic hydroxyl groups is 1. The van der Waals surface area contributed by atoms with Gasteiger partial charge in [-0.15, -0.1) is 0 Å². The van der Waals surface area contributed by atoms with Gasteiger partial charge in [0.2, 0.25) is 0 Å². The van der Waals surface area contributed by atoms with Crippen LogP contribution >= 0.6 is 11.8 Å². The van der Waals surface area contributed by atoms with E-state index in [0.717, 1.165) is 0 Å². The van der Waals surface area contributed by atoms with Gasteiger partial charge in [0.15, 0.2) is 0 Å². The van der Waals surface area contributed by atoms with Crippen LogP contribution in [0.3, 0.4) is 0 Å². The summed E-state index contributed by atoms with van der Waals surface area (Å²) >= 11 is 1.61. The third-order valence-corrected chi connectivity index (χ3v) is 3.50. The maximum atomic E-state index is 11.4. The number of aliphatic hydroxyl groups excluding tert-OH is 1. The molecule has 0 spiro atoms. The van der Waals surface area contributed by atoms with Gasteiger partial charge in [-0.2, -0.15) is 11.8 Å². The lowest BCUT2D eigenvalue weighted by Crippen LogP contribution is -2.48. The number of carbonyl (C=O) groups excluding carboxylic acids is 1. The summed E-state index contributed by atoms with van der Waals surface area (Å²) in [6.45, 7) is 4.10. The van der Waals surface area contributed by atoms with Crippen LogP contribution < -0.4 is 10.6 Å². The fourth-order valence-corrected chi connectivity index (χ4v) is 1.18. The third kappa shape index (κ3) is 7.06. The highest BCUT2D eigenvalue weighted by Gasteiger charge is 2.21. The molecule has 0 unspecified atom stereocenters. The highest BCUT2D eigenvalue weighted by atomic mass is 32.2. The fourth-order valence-electron chi connectivity index (χ4n) is 0.961. The molecule has 7 heteroatoms. The molecule has 2 amide bonds. The minimum Gasteiger partial charge on any atom is -0.480 e. The zero-order valence-electron chi connectivity index (χ0n) is 10.3. The Kier molecular flexibility index (Phi) is 6.98. The summed E-state index contributed by atoms with van der Waals surface area (Å²) in [7, 11) is 0. The molecule has 0 bridgehead atoms. The Morgan fingerprint density at radius 3 is 2.41 bits per heavy atom. The van der Waals surface area contributed by atoms with Crippen molar-refractivity contribution >= 4 is 23.8 Å². The van der Waals surface area contributed by atoms with Crippen molar-refractivity contribution < 1.29 is 19.8 Å². The summed E-state index contributed by atoms with van der Waals surface area (Å²) in [5, 5.41) is 22.3. The van der Waals surface area contributed by atoms with E-state index in [1.54, 1.807) is 11.8 Å². The van der Waals surface area contributed by atoms with Crippen molar-refractivity contribution in [1.82, 2.24) is 10.6 Å². The van der Waals surface area contributed by atoms with E-state index >= 15 is 0 Å². The van der Waals surface area contributed by atoms with Gasteiger partial charge in [-0.25, -0.2) is 9.59 Å². The maximum Gasteiger partial charge on any atom is 0.326 e. The Morgan fingerprint density at radius 1 is 1.41 bits per heavy atom. The van der Waals surface area contributed by atoms with Crippen LogP contribution in [0.25, 0.3) is 0 Å². The smallest absolute Gasteiger partial charge is 0.326 e. The van der Waals surface area contributed by atoms with Gasteiger partial charge >= 0.3 is 12.0 Å². The lowest BCUT2D eigenvalue weighted by atomic mass is 10.2. The third-order valence-electron chi connectivity index (χ3n) is 2.25. The Bertz CT molecular complexity index is 271. The molecular formula is C10H20N2O4S. The minimum absolute atomic E-state index is 0.00528. The van der Waals surface area contributed by atoms with Crippen molar-refractivity contribution in [1.29, 1.82) is 0 Å². The molecule has 100 valence electrons. The number of urea groups is 1. The highest BCUT2D eigenvalue weighted by Crippen LogP contribution is 2.19. The van der Waals surface area contributed by atoms with Gasteiger partial charge in [0.05, 0.1) is 0 Å². The molecule has 0 aromatic rings. The number of hydrogen-bond acceptors (Lipinski definition) is 4. The molecule has 0 aliphatic heterocycles. The number of amides is 2. The second kappa shape index (κ2) is 7.39. The van der Waals surface area contributed by atoms with Crippen molar-refractivity contribution in [3.8, 4) is 0 Å². The van der Waals surface area contributed by atoms with Gasteiger partial charge in [0.1, 0.15) is 6.04 Å². The number of carboxylic acids is 1. The van der Waals surface area contributed by atoms with Crippen molar-refractivity contribution in [3.05, 3.63) is 0 Å². The van der Waals surface area contributed by atoms with E-state index in [0.29, 0.717) is 6.54 Å². The zero-order valence-corrected chi connectivity index (χ0v) is 11.1. The number of rotatable bonds is 7. The SMILES string of the molecule is CSC(C)(C)CNC(=O)N[C@H](CCO)C(=O)O. The van der Waals surface area contributed by atoms with E-state index in [1.165, 1.54) is 0 Å². The van der Waals surface area contributed by atoms with Crippen molar-refractivity contribution in [2.24, 2.45) is 0 Å². The average Bonchev–Trinajstić information content (AvgIpc) is 2.26. The number of thioether (sulfide) groups is 1. The first-order valence-corrected chi connectivity index (χ1v) is 6.48. The molecule has 0 aromatic carbocycles. The summed E-state index contributed by atoms with van der Waals surface area (Å²) in [5.41, 5.74) is 0. The van der Waals surface area contributed by atoms with E-state index in [1.807, 2.05) is 20.1 Å². The summed E-state index contributed by atoms with van der Waals surface area (Å²) in [4.78, 5) is 22.1. The molecule has 0 aliphatic carbocycles. The topological polar surface area (TPSA) is 98.7 Å². The molecule has 4 N–H and O–H groups in total. The molecule has 0 fully saturated rings. The van der Waals surface area contributed by atoms with Crippen molar-refractivity contribution in [3.63, 3.8) is 0 Å². The van der Waals surface area contributed by atoms with Crippen LogP contribution in [0, 0.1) is 0 Å². The lowest BCUT2D eigenvalue weighted by Gasteiger charge is -2.23. The second-order valence-corrected chi connectivity index (χ2v) is 5.71. The van der Waals surface area contributed by atoms with Crippen LogP contribution in [-0.4, -0.2) is 52.4 Å². The lowest BCUT2D eigenvalue weighted by molar-refractivity contribution is -0.139. The van der Waals surface area contributed by atoms with E-state index < -0.39 is 18.0 Å². The summed E-state index contributed by atoms with van der Waals surface area (Å²) in [6.07, 6.45) is 1.93. The number of carbonyl (C=O) groups is 2. The molecule has 0 saturated heterocycles.